The van der Waals surface area contributed by atoms with Crippen molar-refractivity contribution < 1.29 is 14.7 Å². The number of hydrogen-bond acceptors (Lipinski definition) is 3. The molecule has 1 aromatic carbocycles. The lowest BCUT2D eigenvalue weighted by atomic mass is 10.1. The van der Waals surface area contributed by atoms with E-state index in [0.717, 1.165) is 0 Å². The monoisotopic (exact) mass is 263 g/mol. The molecule has 1 atom stereocenters. The van der Waals surface area contributed by atoms with Crippen molar-refractivity contribution in [2.75, 3.05) is 13.1 Å². The number of nitrogens with zero attached hydrogens (tertiary/aromatic N) is 1. The van der Waals surface area contributed by atoms with Crippen molar-refractivity contribution in [2.45, 2.75) is 26.8 Å². The predicted molar refractivity (Wildman–Crippen MR) is 74.3 cm³/mol. The van der Waals surface area contributed by atoms with Gasteiger partial charge < -0.3 is 5.11 Å². The summed E-state index contributed by atoms with van der Waals surface area (Å²) in [5.74, 6) is -1.30. The Morgan fingerprint density at radius 3 is 2.21 bits per heavy atom. The zero-order chi connectivity index (χ0) is 14.4. The van der Waals surface area contributed by atoms with E-state index in [-0.39, 0.29) is 18.4 Å². The summed E-state index contributed by atoms with van der Waals surface area (Å²) in [6, 6.07) is 9.21. The highest BCUT2D eigenvalue weighted by atomic mass is 16.4. The van der Waals surface area contributed by atoms with Gasteiger partial charge in [0.2, 0.25) is 0 Å². The average molecular weight is 263 g/mol. The summed E-state index contributed by atoms with van der Waals surface area (Å²) in [5.41, 5.74) is 0.663. The van der Waals surface area contributed by atoms with Crippen molar-refractivity contribution in [3.05, 3.63) is 35.9 Å². The van der Waals surface area contributed by atoms with Crippen molar-refractivity contribution in [2.24, 2.45) is 5.92 Å². The molecule has 1 N–H and O–H groups in total. The zero-order valence-corrected chi connectivity index (χ0v) is 11.7. The average Bonchev–Trinajstić information content (AvgIpc) is 2.38. The molecule has 1 rings (SSSR count). The van der Waals surface area contributed by atoms with Gasteiger partial charge in [-0.05, 0) is 13.8 Å². The van der Waals surface area contributed by atoms with Gasteiger partial charge in [-0.1, -0.05) is 37.3 Å². The van der Waals surface area contributed by atoms with Crippen LogP contribution in [0.4, 0.5) is 0 Å². The van der Waals surface area contributed by atoms with Crippen LogP contribution < -0.4 is 0 Å². The number of carbonyl (C=O) groups excluding carboxylic acids is 1. The molecule has 19 heavy (non-hydrogen) atoms. The van der Waals surface area contributed by atoms with E-state index in [1.165, 1.54) is 0 Å². The van der Waals surface area contributed by atoms with Gasteiger partial charge in [0.1, 0.15) is 0 Å². The Labute approximate surface area is 114 Å². The van der Waals surface area contributed by atoms with Crippen LogP contribution in [0.2, 0.25) is 0 Å². The Morgan fingerprint density at radius 2 is 1.74 bits per heavy atom. The molecule has 4 nitrogen and oxygen atoms in total. The summed E-state index contributed by atoms with van der Waals surface area (Å²) >= 11 is 0. The van der Waals surface area contributed by atoms with Gasteiger partial charge in [0.15, 0.2) is 5.78 Å². The lowest BCUT2D eigenvalue weighted by molar-refractivity contribution is -0.141. The summed E-state index contributed by atoms with van der Waals surface area (Å²) in [7, 11) is 0. The summed E-state index contributed by atoms with van der Waals surface area (Å²) < 4.78 is 0. The number of carboxylic acid groups (broad SMARTS) is 1. The minimum atomic E-state index is -0.835. The second-order valence-corrected chi connectivity index (χ2v) is 5.05. The first-order chi connectivity index (χ1) is 8.91. The van der Waals surface area contributed by atoms with E-state index in [1.54, 1.807) is 19.1 Å². The molecule has 0 saturated heterocycles. The van der Waals surface area contributed by atoms with E-state index < -0.39 is 11.9 Å². The number of ketones is 1. The summed E-state index contributed by atoms with van der Waals surface area (Å²) in [6.07, 6.45) is 0. The van der Waals surface area contributed by atoms with Gasteiger partial charge in [-0.2, -0.15) is 0 Å². The SMILES string of the molecule is CC(CN(CC(=O)c1ccccc1)C(C)C)C(=O)O. The molecule has 0 spiro atoms. The fourth-order valence-electron chi connectivity index (χ4n) is 1.79. The molecule has 104 valence electrons. The van der Waals surface area contributed by atoms with E-state index in [4.69, 9.17) is 5.11 Å². The molecule has 0 aliphatic rings. The molecule has 0 bridgehead atoms. The lowest BCUT2D eigenvalue weighted by Gasteiger charge is -2.27. The maximum atomic E-state index is 12.1. The second-order valence-electron chi connectivity index (χ2n) is 5.05. The second kappa shape index (κ2) is 7.04. The number of carbonyl (C=O) groups is 2. The topological polar surface area (TPSA) is 57.6 Å². The lowest BCUT2D eigenvalue weighted by Crippen LogP contribution is -2.40. The van der Waals surface area contributed by atoms with E-state index in [9.17, 15) is 9.59 Å². The van der Waals surface area contributed by atoms with Crippen LogP contribution in [0.3, 0.4) is 0 Å². The van der Waals surface area contributed by atoms with Crippen LogP contribution in [-0.4, -0.2) is 40.9 Å². The molecule has 0 amide bonds. The van der Waals surface area contributed by atoms with Crippen LogP contribution >= 0.6 is 0 Å². The molecule has 1 unspecified atom stereocenters. The normalized spacial score (nSPS) is 12.7. The molecule has 4 heteroatoms. The highest BCUT2D eigenvalue weighted by molar-refractivity contribution is 5.97. The Hall–Kier alpha value is -1.68. The van der Waals surface area contributed by atoms with Crippen LogP contribution in [0.15, 0.2) is 30.3 Å². The molecule has 0 saturated carbocycles. The van der Waals surface area contributed by atoms with Gasteiger partial charge in [-0.15, -0.1) is 0 Å². The quantitative estimate of drug-likeness (QED) is 0.767. The third-order valence-corrected chi connectivity index (χ3v) is 3.10. The molecule has 0 aliphatic heterocycles. The molecule has 0 fully saturated rings. The zero-order valence-electron chi connectivity index (χ0n) is 11.7. The number of benzene rings is 1. The van der Waals surface area contributed by atoms with Crippen molar-refractivity contribution in [3.8, 4) is 0 Å². The van der Waals surface area contributed by atoms with Crippen molar-refractivity contribution >= 4 is 11.8 Å². The van der Waals surface area contributed by atoms with E-state index in [1.807, 2.05) is 36.9 Å². The number of Topliss-reactive ketones (excluding diaryl/α,β-unsaturated/α-hetero) is 1. The van der Waals surface area contributed by atoms with Gasteiger partial charge in [0.05, 0.1) is 12.5 Å². The minimum Gasteiger partial charge on any atom is -0.481 e. The summed E-state index contributed by atoms with van der Waals surface area (Å²) in [4.78, 5) is 24.9. The van der Waals surface area contributed by atoms with Crippen LogP contribution in [0.5, 0.6) is 0 Å². The maximum Gasteiger partial charge on any atom is 0.307 e. The van der Waals surface area contributed by atoms with E-state index in [0.29, 0.717) is 12.1 Å². The molecule has 1 aromatic rings. The number of rotatable bonds is 7. The molecule has 0 aliphatic carbocycles. The fourth-order valence-corrected chi connectivity index (χ4v) is 1.79. The molecule has 0 aromatic heterocycles. The number of hydrogen-bond donors (Lipinski definition) is 1. The van der Waals surface area contributed by atoms with Crippen LogP contribution in [0.25, 0.3) is 0 Å². The van der Waals surface area contributed by atoms with Gasteiger partial charge in [0, 0.05) is 18.2 Å². The van der Waals surface area contributed by atoms with E-state index in [2.05, 4.69) is 0 Å². The van der Waals surface area contributed by atoms with Crippen molar-refractivity contribution in [1.29, 1.82) is 0 Å². The smallest absolute Gasteiger partial charge is 0.307 e. The van der Waals surface area contributed by atoms with Crippen molar-refractivity contribution in [3.63, 3.8) is 0 Å². The Morgan fingerprint density at radius 1 is 1.16 bits per heavy atom. The van der Waals surface area contributed by atoms with Gasteiger partial charge in [-0.25, -0.2) is 0 Å². The van der Waals surface area contributed by atoms with Gasteiger partial charge in [0.25, 0.3) is 0 Å². The third kappa shape index (κ3) is 4.83. The maximum absolute atomic E-state index is 12.1. The first kappa shape index (κ1) is 15.4. The van der Waals surface area contributed by atoms with Crippen molar-refractivity contribution in [1.82, 2.24) is 4.90 Å². The summed E-state index contributed by atoms with van der Waals surface area (Å²) in [6.45, 7) is 6.22. The first-order valence-corrected chi connectivity index (χ1v) is 6.47. The Bertz CT molecular complexity index is 428. The fraction of sp³-hybridized carbons (Fsp3) is 0.467. The third-order valence-electron chi connectivity index (χ3n) is 3.10. The van der Waals surface area contributed by atoms with Gasteiger partial charge in [-0.3, -0.25) is 14.5 Å². The highest BCUT2D eigenvalue weighted by Gasteiger charge is 2.20. The van der Waals surface area contributed by atoms with Crippen LogP contribution in [0.1, 0.15) is 31.1 Å². The first-order valence-electron chi connectivity index (χ1n) is 6.47. The molecular weight excluding hydrogens is 242 g/mol. The van der Waals surface area contributed by atoms with Crippen LogP contribution in [-0.2, 0) is 4.79 Å². The highest BCUT2D eigenvalue weighted by Crippen LogP contribution is 2.08. The minimum absolute atomic E-state index is 0.0203. The van der Waals surface area contributed by atoms with Gasteiger partial charge >= 0.3 is 5.97 Å². The standard InChI is InChI=1S/C15H21NO3/c1-11(2)16(9-12(3)15(18)19)10-14(17)13-7-5-4-6-8-13/h4-8,11-12H,9-10H2,1-3H3,(H,18,19). The summed E-state index contributed by atoms with van der Waals surface area (Å²) in [5, 5.41) is 8.95. The molecule has 0 radical (unpaired) electrons. The van der Waals surface area contributed by atoms with E-state index >= 15 is 0 Å². The molecule has 0 heterocycles. The predicted octanol–water partition coefficient (Wildman–Crippen LogP) is 2.30. The van der Waals surface area contributed by atoms with Crippen LogP contribution in [0, 0.1) is 5.92 Å². The number of carboxylic acids is 1. The Balaban J connectivity index is 2.69. The number of aliphatic carboxylic acids is 1. The molecular formula is C15H21NO3. The largest absolute Gasteiger partial charge is 0.481 e. The Kier molecular flexibility index (Phi) is 5.70.